The Morgan fingerprint density at radius 3 is 2.67 bits per heavy atom. The number of rotatable bonds is 7. The van der Waals surface area contributed by atoms with Gasteiger partial charge in [0.1, 0.15) is 16.5 Å². The molecular formula is C19H19N5O2S. The third-order valence-corrected chi connectivity index (χ3v) is 5.20. The Bertz CT molecular complexity index is 920. The van der Waals surface area contributed by atoms with E-state index in [0.717, 1.165) is 23.5 Å². The number of hydrogen-bond donors (Lipinski definition) is 3. The van der Waals surface area contributed by atoms with Crippen molar-refractivity contribution in [2.75, 3.05) is 17.2 Å². The summed E-state index contributed by atoms with van der Waals surface area (Å²) in [6.45, 7) is 0.269. The molecule has 0 unspecified atom stereocenters. The van der Waals surface area contributed by atoms with Crippen molar-refractivity contribution in [2.45, 2.75) is 25.3 Å². The highest BCUT2D eigenvalue weighted by atomic mass is 32.1. The van der Waals surface area contributed by atoms with E-state index >= 15 is 0 Å². The fraction of sp³-hybridized carbons (Fsp3) is 0.263. The summed E-state index contributed by atoms with van der Waals surface area (Å²) >= 11 is 1.50. The predicted octanol–water partition coefficient (Wildman–Crippen LogP) is 3.07. The van der Waals surface area contributed by atoms with Gasteiger partial charge in [0.25, 0.3) is 0 Å². The molecule has 1 aliphatic rings. The van der Waals surface area contributed by atoms with Crippen LogP contribution in [0.25, 0.3) is 10.7 Å². The molecule has 8 heteroatoms. The van der Waals surface area contributed by atoms with E-state index in [0.29, 0.717) is 11.8 Å². The number of fused-ring (bicyclic) bond motifs is 1. The monoisotopic (exact) mass is 381 g/mol. The number of anilines is 2. The fourth-order valence-corrected chi connectivity index (χ4v) is 3.81. The average Bonchev–Trinajstić information content (AvgIpc) is 3.30. The molecule has 0 aliphatic heterocycles. The first-order chi connectivity index (χ1) is 13.2. The van der Waals surface area contributed by atoms with Crippen molar-refractivity contribution in [3.63, 3.8) is 0 Å². The zero-order valence-corrected chi connectivity index (χ0v) is 15.4. The molecule has 0 saturated carbocycles. The molecule has 3 aromatic rings. The summed E-state index contributed by atoms with van der Waals surface area (Å²) in [6.07, 6.45) is 3.65. The van der Waals surface area contributed by atoms with Crippen molar-refractivity contribution in [1.82, 2.24) is 15.0 Å². The minimum absolute atomic E-state index is 0.00549. The molecule has 0 radical (unpaired) electrons. The number of nitrogens with zero attached hydrogens (tertiary/aromatic N) is 3. The predicted molar refractivity (Wildman–Crippen MR) is 105 cm³/mol. The Hall–Kier alpha value is -3.00. The van der Waals surface area contributed by atoms with Crippen LogP contribution in [0, 0.1) is 0 Å². The quantitative estimate of drug-likeness (QED) is 0.578. The molecule has 2 aromatic heterocycles. The van der Waals surface area contributed by atoms with Crippen LogP contribution in [0.5, 0.6) is 0 Å². The molecule has 138 valence electrons. The summed E-state index contributed by atoms with van der Waals surface area (Å²) in [6, 6.07) is 10.6. The zero-order valence-electron chi connectivity index (χ0n) is 14.6. The van der Waals surface area contributed by atoms with Crippen LogP contribution in [0.2, 0.25) is 0 Å². The van der Waals surface area contributed by atoms with Crippen molar-refractivity contribution in [3.8, 4) is 10.7 Å². The highest BCUT2D eigenvalue weighted by Gasteiger charge is 2.21. The summed E-state index contributed by atoms with van der Waals surface area (Å²) in [5.41, 5.74) is 3.45. The van der Waals surface area contributed by atoms with Crippen molar-refractivity contribution in [3.05, 3.63) is 53.0 Å². The van der Waals surface area contributed by atoms with E-state index in [1.165, 1.54) is 22.5 Å². The number of carboxylic acids is 1. The van der Waals surface area contributed by atoms with E-state index in [9.17, 15) is 4.79 Å². The molecule has 1 aromatic carbocycles. The van der Waals surface area contributed by atoms with Crippen molar-refractivity contribution in [1.29, 1.82) is 0 Å². The molecule has 0 spiro atoms. The molecule has 0 fully saturated rings. The van der Waals surface area contributed by atoms with Gasteiger partial charge in [-0.1, -0.05) is 24.3 Å². The normalized spacial score (nSPS) is 13.3. The van der Waals surface area contributed by atoms with Gasteiger partial charge in [0, 0.05) is 30.2 Å². The lowest BCUT2D eigenvalue weighted by Crippen LogP contribution is -2.21. The maximum absolute atomic E-state index is 10.7. The summed E-state index contributed by atoms with van der Waals surface area (Å²) in [4.78, 5) is 24.1. The van der Waals surface area contributed by atoms with Crippen molar-refractivity contribution in [2.24, 2.45) is 0 Å². The van der Waals surface area contributed by atoms with Gasteiger partial charge in [0.15, 0.2) is 0 Å². The summed E-state index contributed by atoms with van der Waals surface area (Å²) in [5, 5.41) is 18.0. The molecular weight excluding hydrogens is 362 g/mol. The lowest BCUT2D eigenvalue weighted by molar-refractivity contribution is -0.136. The zero-order chi connectivity index (χ0) is 18.6. The fourth-order valence-electron chi connectivity index (χ4n) is 3.21. The Labute approximate surface area is 160 Å². The topological polar surface area (TPSA) is 100 Å². The average molecular weight is 381 g/mol. The molecule has 0 saturated heterocycles. The number of benzene rings is 1. The molecule has 2 heterocycles. The highest BCUT2D eigenvalue weighted by molar-refractivity contribution is 7.13. The summed E-state index contributed by atoms with van der Waals surface area (Å²) < 4.78 is 0. The Morgan fingerprint density at radius 1 is 1.22 bits per heavy atom. The van der Waals surface area contributed by atoms with Gasteiger partial charge in [-0.15, -0.1) is 11.3 Å². The number of carbonyl (C=O) groups is 1. The lowest BCUT2D eigenvalue weighted by atomic mass is 10.1. The van der Waals surface area contributed by atoms with Gasteiger partial charge in [-0.05, 0) is 24.0 Å². The molecule has 0 bridgehead atoms. The Morgan fingerprint density at radius 2 is 2.00 bits per heavy atom. The van der Waals surface area contributed by atoms with E-state index < -0.39 is 5.97 Å². The van der Waals surface area contributed by atoms with Crippen molar-refractivity contribution >= 4 is 29.1 Å². The van der Waals surface area contributed by atoms with E-state index in [4.69, 9.17) is 5.11 Å². The number of hydrogen-bond acceptors (Lipinski definition) is 7. The third kappa shape index (κ3) is 4.22. The van der Waals surface area contributed by atoms with Gasteiger partial charge in [0.05, 0.1) is 6.42 Å². The van der Waals surface area contributed by atoms with Crippen LogP contribution in [0.3, 0.4) is 0 Å². The molecule has 7 nitrogen and oxygen atoms in total. The van der Waals surface area contributed by atoms with Crippen molar-refractivity contribution < 1.29 is 9.90 Å². The second-order valence-corrected chi connectivity index (χ2v) is 7.28. The molecule has 1 aliphatic carbocycles. The van der Waals surface area contributed by atoms with Crippen LogP contribution in [0.15, 0.2) is 41.9 Å². The largest absolute Gasteiger partial charge is 0.481 e. The Balaban J connectivity index is 1.54. The van der Waals surface area contributed by atoms with Gasteiger partial charge in [-0.3, -0.25) is 4.79 Å². The van der Waals surface area contributed by atoms with Gasteiger partial charge in [-0.25, -0.2) is 9.97 Å². The Kier molecular flexibility index (Phi) is 4.97. The van der Waals surface area contributed by atoms with Crippen LogP contribution >= 0.6 is 11.3 Å². The maximum Gasteiger partial charge on any atom is 0.305 e. The second kappa shape index (κ2) is 7.71. The smallest absolute Gasteiger partial charge is 0.305 e. The minimum atomic E-state index is -0.861. The van der Waals surface area contributed by atoms with Crippen LogP contribution in [-0.4, -0.2) is 38.6 Å². The molecule has 27 heavy (non-hydrogen) atoms. The van der Waals surface area contributed by atoms with Crippen LogP contribution < -0.4 is 10.6 Å². The number of carboxylic acid groups (broad SMARTS) is 1. The lowest BCUT2D eigenvalue weighted by Gasteiger charge is -2.15. The van der Waals surface area contributed by atoms with Gasteiger partial charge >= 0.3 is 5.97 Å². The minimum Gasteiger partial charge on any atom is -0.481 e. The number of nitrogens with one attached hydrogen (secondary N) is 2. The standard InChI is InChI=1S/C19H19N5O2S/c25-17(26)5-6-21-19-23-15(18-20-7-8-27-18)11-16(24-19)22-14-9-12-3-1-2-4-13(12)10-14/h1-4,7-8,11,14H,5-6,9-10H2,(H,25,26)(H2,21,22,23,24). The van der Waals surface area contributed by atoms with E-state index in [1.54, 1.807) is 6.20 Å². The van der Waals surface area contributed by atoms with Crippen LogP contribution in [0.4, 0.5) is 11.8 Å². The summed E-state index contributed by atoms with van der Waals surface area (Å²) in [5.74, 6) is 0.258. The third-order valence-electron chi connectivity index (χ3n) is 4.40. The van der Waals surface area contributed by atoms with E-state index in [-0.39, 0.29) is 19.0 Å². The molecule has 3 N–H and O–H groups in total. The van der Waals surface area contributed by atoms with E-state index in [2.05, 4.69) is 49.9 Å². The van der Waals surface area contributed by atoms with E-state index in [1.807, 2.05) is 11.4 Å². The van der Waals surface area contributed by atoms with Gasteiger partial charge in [-0.2, -0.15) is 4.98 Å². The number of aromatic nitrogens is 3. The summed E-state index contributed by atoms with van der Waals surface area (Å²) in [7, 11) is 0. The first-order valence-electron chi connectivity index (χ1n) is 8.75. The highest BCUT2D eigenvalue weighted by Crippen LogP contribution is 2.27. The van der Waals surface area contributed by atoms with Crippen LogP contribution in [-0.2, 0) is 17.6 Å². The molecule has 0 amide bonds. The SMILES string of the molecule is O=C(O)CCNc1nc(NC2Cc3ccccc3C2)cc(-c2nccs2)n1. The maximum atomic E-state index is 10.7. The molecule has 4 rings (SSSR count). The second-order valence-electron chi connectivity index (χ2n) is 6.39. The first kappa shape index (κ1) is 17.4. The number of thiazole rings is 1. The first-order valence-corrected chi connectivity index (χ1v) is 9.63. The number of aliphatic carboxylic acids is 1. The molecule has 0 atom stereocenters. The van der Waals surface area contributed by atoms with Gasteiger partial charge < -0.3 is 15.7 Å². The van der Waals surface area contributed by atoms with Gasteiger partial charge in [0.2, 0.25) is 5.95 Å². The van der Waals surface area contributed by atoms with Crippen LogP contribution in [0.1, 0.15) is 17.5 Å².